The highest BCUT2D eigenvalue weighted by Gasteiger charge is 2.33. The van der Waals surface area contributed by atoms with Crippen LogP contribution in [-0.4, -0.2) is 73.4 Å². The van der Waals surface area contributed by atoms with Gasteiger partial charge in [-0.15, -0.1) is 11.3 Å². The molecule has 1 fully saturated rings. The molecule has 0 aliphatic carbocycles. The SMILES string of the molecule is CNc1sc(C)nc1C(=O)N1CCc2cc(S(=O)(=O)N3CCN(c4nc(C)cc(C#N)n4)CC3)ccc21. The van der Waals surface area contributed by atoms with Crippen molar-refractivity contribution in [3.8, 4) is 6.07 Å². The standard InChI is InChI=1S/C24H26N8O3S2/c1-15-12-18(14-25)29-24(27-15)30-8-10-31(11-9-30)37(34,35)19-4-5-20-17(13-19)6-7-32(20)23(33)21-22(26-3)36-16(2)28-21/h4-5,12-13,26H,6-11H2,1-3H3. The molecule has 2 aliphatic rings. The molecular weight excluding hydrogens is 512 g/mol. The van der Waals surface area contributed by atoms with Gasteiger partial charge in [0.25, 0.3) is 5.91 Å². The number of hydrogen-bond acceptors (Lipinski definition) is 10. The van der Waals surface area contributed by atoms with Crippen molar-refractivity contribution in [1.29, 1.82) is 5.26 Å². The summed E-state index contributed by atoms with van der Waals surface area (Å²) in [6.07, 6.45) is 0.572. The average molecular weight is 539 g/mol. The van der Waals surface area contributed by atoms with Crippen molar-refractivity contribution in [2.45, 2.75) is 25.2 Å². The normalized spacial score (nSPS) is 15.9. The van der Waals surface area contributed by atoms with Gasteiger partial charge in [-0.25, -0.2) is 23.4 Å². The number of nitriles is 1. The molecule has 2 aliphatic heterocycles. The molecule has 37 heavy (non-hydrogen) atoms. The Kier molecular flexibility index (Phi) is 6.57. The fourth-order valence-electron chi connectivity index (χ4n) is 4.65. The van der Waals surface area contributed by atoms with Gasteiger partial charge in [0.15, 0.2) is 5.69 Å². The molecule has 192 valence electrons. The molecule has 0 radical (unpaired) electrons. The summed E-state index contributed by atoms with van der Waals surface area (Å²) in [7, 11) is -1.96. The van der Waals surface area contributed by atoms with E-state index in [0.717, 1.165) is 10.6 Å². The molecule has 0 unspecified atom stereocenters. The lowest BCUT2D eigenvalue weighted by Gasteiger charge is -2.34. The minimum atomic E-state index is -3.72. The number of carbonyl (C=O) groups is 1. The first-order valence-electron chi connectivity index (χ1n) is 11.8. The van der Waals surface area contributed by atoms with Crippen LogP contribution in [-0.2, 0) is 16.4 Å². The van der Waals surface area contributed by atoms with Gasteiger partial charge in [0, 0.05) is 51.2 Å². The summed E-state index contributed by atoms with van der Waals surface area (Å²) in [6.45, 7) is 5.51. The predicted octanol–water partition coefficient (Wildman–Crippen LogP) is 2.18. The molecule has 0 bridgehead atoms. The van der Waals surface area contributed by atoms with Crippen LogP contribution in [0.2, 0.25) is 0 Å². The minimum Gasteiger partial charge on any atom is -0.378 e. The lowest BCUT2D eigenvalue weighted by atomic mass is 10.2. The first-order chi connectivity index (χ1) is 17.7. The summed E-state index contributed by atoms with van der Waals surface area (Å²) in [6, 6.07) is 8.61. The highest BCUT2D eigenvalue weighted by atomic mass is 32.2. The number of aromatic nitrogens is 3. The summed E-state index contributed by atoms with van der Waals surface area (Å²) >= 11 is 1.43. The number of nitrogens with zero attached hydrogens (tertiary/aromatic N) is 7. The molecular formula is C24H26N8O3S2. The van der Waals surface area contributed by atoms with E-state index in [9.17, 15) is 18.5 Å². The number of sulfonamides is 1. The van der Waals surface area contributed by atoms with E-state index in [1.165, 1.54) is 15.6 Å². The fourth-order valence-corrected chi connectivity index (χ4v) is 6.89. The number of aryl methyl sites for hydroxylation is 2. The highest BCUT2D eigenvalue weighted by Crippen LogP contribution is 2.34. The van der Waals surface area contributed by atoms with Crippen LogP contribution in [0.1, 0.15) is 32.4 Å². The van der Waals surface area contributed by atoms with Crippen LogP contribution in [0.15, 0.2) is 29.2 Å². The molecule has 2 aromatic heterocycles. The molecule has 0 spiro atoms. The third-order valence-electron chi connectivity index (χ3n) is 6.47. The second kappa shape index (κ2) is 9.70. The first kappa shape index (κ1) is 25.1. The second-order valence-corrected chi connectivity index (χ2v) is 12.0. The van der Waals surface area contributed by atoms with Crippen molar-refractivity contribution in [3.05, 3.63) is 51.9 Å². The van der Waals surface area contributed by atoms with Crippen LogP contribution in [0.5, 0.6) is 0 Å². The van der Waals surface area contributed by atoms with Gasteiger partial charge in [-0.2, -0.15) is 9.57 Å². The van der Waals surface area contributed by atoms with Gasteiger partial charge < -0.3 is 15.1 Å². The molecule has 1 amide bonds. The Hall–Kier alpha value is -3.60. The zero-order chi connectivity index (χ0) is 26.3. The number of anilines is 3. The number of piperazine rings is 1. The van der Waals surface area contributed by atoms with Gasteiger partial charge in [0.1, 0.15) is 16.8 Å². The number of nitrogens with one attached hydrogen (secondary N) is 1. The molecule has 5 rings (SSSR count). The van der Waals surface area contributed by atoms with E-state index in [1.54, 1.807) is 43.1 Å². The van der Waals surface area contributed by atoms with E-state index in [-0.39, 0.29) is 29.6 Å². The number of benzene rings is 1. The summed E-state index contributed by atoms with van der Waals surface area (Å²) in [5.74, 6) is 0.240. The maximum absolute atomic E-state index is 13.4. The van der Waals surface area contributed by atoms with E-state index >= 15 is 0 Å². The molecule has 3 aromatic rings. The Labute approximate surface area is 219 Å². The Morgan fingerprint density at radius 1 is 1.08 bits per heavy atom. The molecule has 1 N–H and O–H groups in total. The number of fused-ring (bicyclic) bond motifs is 1. The quantitative estimate of drug-likeness (QED) is 0.518. The topological polar surface area (TPSA) is 135 Å². The molecule has 1 saturated heterocycles. The van der Waals surface area contributed by atoms with Gasteiger partial charge in [0.05, 0.1) is 9.90 Å². The van der Waals surface area contributed by atoms with Gasteiger partial charge in [-0.1, -0.05) is 0 Å². The average Bonchev–Trinajstić information content (AvgIpc) is 3.50. The smallest absolute Gasteiger partial charge is 0.279 e. The van der Waals surface area contributed by atoms with Crippen molar-refractivity contribution in [2.75, 3.05) is 54.9 Å². The molecule has 13 heteroatoms. The summed E-state index contributed by atoms with van der Waals surface area (Å²) in [5, 5.41) is 13.7. The fraction of sp³-hybridized carbons (Fsp3) is 0.375. The lowest BCUT2D eigenvalue weighted by Crippen LogP contribution is -2.49. The number of hydrogen-bond donors (Lipinski definition) is 1. The number of amides is 1. The molecule has 0 atom stereocenters. The Morgan fingerprint density at radius 3 is 2.54 bits per heavy atom. The van der Waals surface area contributed by atoms with E-state index in [1.807, 2.05) is 17.9 Å². The highest BCUT2D eigenvalue weighted by molar-refractivity contribution is 7.89. The molecule has 0 saturated carbocycles. The van der Waals surface area contributed by atoms with Crippen molar-refractivity contribution in [1.82, 2.24) is 19.3 Å². The van der Waals surface area contributed by atoms with E-state index < -0.39 is 10.0 Å². The Bertz CT molecular complexity index is 1520. The Morgan fingerprint density at radius 2 is 1.84 bits per heavy atom. The maximum atomic E-state index is 13.4. The van der Waals surface area contributed by atoms with Crippen molar-refractivity contribution in [3.63, 3.8) is 0 Å². The summed E-state index contributed by atoms with van der Waals surface area (Å²) in [4.78, 5) is 30.0. The monoisotopic (exact) mass is 538 g/mol. The van der Waals surface area contributed by atoms with Crippen molar-refractivity contribution < 1.29 is 13.2 Å². The van der Waals surface area contributed by atoms with Crippen LogP contribution in [0.25, 0.3) is 0 Å². The minimum absolute atomic E-state index is 0.197. The van der Waals surface area contributed by atoms with Gasteiger partial charge in [0.2, 0.25) is 16.0 Å². The first-order valence-corrected chi connectivity index (χ1v) is 14.1. The van der Waals surface area contributed by atoms with E-state index in [4.69, 9.17) is 0 Å². The number of carbonyl (C=O) groups excluding carboxylic acids is 1. The van der Waals surface area contributed by atoms with Crippen LogP contribution >= 0.6 is 11.3 Å². The number of rotatable bonds is 5. The second-order valence-electron chi connectivity index (χ2n) is 8.86. The zero-order valence-electron chi connectivity index (χ0n) is 20.7. The van der Waals surface area contributed by atoms with E-state index in [0.29, 0.717) is 54.1 Å². The van der Waals surface area contributed by atoms with Gasteiger partial charge >= 0.3 is 0 Å². The van der Waals surface area contributed by atoms with Gasteiger partial charge in [-0.05, 0) is 50.1 Å². The largest absolute Gasteiger partial charge is 0.378 e. The van der Waals surface area contributed by atoms with Crippen LogP contribution in [0.4, 0.5) is 16.6 Å². The molecule has 1 aromatic carbocycles. The van der Waals surface area contributed by atoms with Crippen molar-refractivity contribution in [2.24, 2.45) is 0 Å². The van der Waals surface area contributed by atoms with Gasteiger partial charge in [-0.3, -0.25) is 4.79 Å². The summed E-state index contributed by atoms with van der Waals surface area (Å²) < 4.78 is 28.3. The van der Waals surface area contributed by atoms with Crippen LogP contribution in [0.3, 0.4) is 0 Å². The van der Waals surface area contributed by atoms with Crippen molar-refractivity contribution >= 4 is 43.9 Å². The maximum Gasteiger partial charge on any atom is 0.279 e. The summed E-state index contributed by atoms with van der Waals surface area (Å²) in [5.41, 5.74) is 2.89. The molecule has 11 nitrogen and oxygen atoms in total. The van der Waals surface area contributed by atoms with Crippen LogP contribution in [0, 0.1) is 25.2 Å². The number of thiazole rings is 1. The van der Waals surface area contributed by atoms with E-state index in [2.05, 4.69) is 20.3 Å². The third kappa shape index (κ3) is 4.63. The zero-order valence-corrected chi connectivity index (χ0v) is 22.4. The van der Waals surface area contributed by atoms with Crippen LogP contribution < -0.4 is 15.1 Å². The molecule has 4 heterocycles. The Balaban J connectivity index is 1.32. The lowest BCUT2D eigenvalue weighted by molar-refractivity contribution is 0.0986. The third-order valence-corrected chi connectivity index (χ3v) is 9.35. The predicted molar refractivity (Wildman–Crippen MR) is 141 cm³/mol.